The van der Waals surface area contributed by atoms with Crippen LogP contribution in [0.4, 0.5) is 4.39 Å². The maximum atomic E-state index is 13.0. The summed E-state index contributed by atoms with van der Waals surface area (Å²) in [6.07, 6.45) is 2.51. The minimum absolute atomic E-state index is 0.331. The molecule has 1 aromatic heterocycles. The average molecular weight is 326 g/mol. The molecule has 0 spiro atoms. The van der Waals surface area contributed by atoms with Gasteiger partial charge in [0.05, 0.1) is 11.1 Å². The first kappa shape index (κ1) is 13.8. The Morgan fingerprint density at radius 2 is 2.11 bits per heavy atom. The van der Waals surface area contributed by atoms with Gasteiger partial charge in [-0.15, -0.1) is 0 Å². The van der Waals surface area contributed by atoms with Gasteiger partial charge in [0, 0.05) is 6.20 Å². The summed E-state index contributed by atoms with van der Waals surface area (Å²) in [5.74, 6) is 1.09. The summed E-state index contributed by atoms with van der Waals surface area (Å²) in [5, 5.41) is 0. The highest BCUT2D eigenvalue weighted by Gasteiger charge is 2.10. The van der Waals surface area contributed by atoms with Crippen LogP contribution in [0.25, 0.3) is 0 Å². The van der Waals surface area contributed by atoms with Gasteiger partial charge in [-0.25, -0.2) is 9.37 Å². The van der Waals surface area contributed by atoms with Gasteiger partial charge in [-0.3, -0.25) is 0 Å². The maximum Gasteiger partial charge on any atom is 0.262 e. The van der Waals surface area contributed by atoms with Crippen LogP contribution in [-0.4, -0.2) is 11.6 Å². The van der Waals surface area contributed by atoms with E-state index in [0.29, 0.717) is 28.5 Å². The molecule has 19 heavy (non-hydrogen) atoms. The van der Waals surface area contributed by atoms with Gasteiger partial charge in [-0.1, -0.05) is 6.92 Å². The van der Waals surface area contributed by atoms with E-state index in [2.05, 4.69) is 20.9 Å². The van der Waals surface area contributed by atoms with Crippen molar-refractivity contribution in [3.63, 3.8) is 0 Å². The number of pyridine rings is 1. The van der Waals surface area contributed by atoms with Gasteiger partial charge in [-0.2, -0.15) is 0 Å². The van der Waals surface area contributed by atoms with E-state index in [9.17, 15) is 4.39 Å². The Balaban J connectivity index is 2.22. The summed E-state index contributed by atoms with van der Waals surface area (Å²) in [4.78, 5) is 4.13. The predicted molar refractivity (Wildman–Crippen MR) is 74.2 cm³/mol. The Bertz CT molecular complexity index is 563. The van der Waals surface area contributed by atoms with Crippen LogP contribution in [0, 0.1) is 5.82 Å². The van der Waals surface area contributed by atoms with Gasteiger partial charge in [0.25, 0.3) is 5.88 Å². The molecule has 0 fully saturated rings. The molecular formula is C14H13BrFNO2. The fourth-order valence-electron chi connectivity index (χ4n) is 1.44. The fraction of sp³-hybridized carbons (Fsp3) is 0.214. The Morgan fingerprint density at radius 1 is 1.26 bits per heavy atom. The van der Waals surface area contributed by atoms with Gasteiger partial charge in [0.15, 0.2) is 5.75 Å². The molecule has 1 heterocycles. The zero-order valence-corrected chi connectivity index (χ0v) is 12.0. The van der Waals surface area contributed by atoms with E-state index in [1.807, 2.05) is 6.92 Å². The highest BCUT2D eigenvalue weighted by Crippen LogP contribution is 2.33. The third kappa shape index (κ3) is 3.67. The Morgan fingerprint density at radius 3 is 2.84 bits per heavy atom. The van der Waals surface area contributed by atoms with Crippen molar-refractivity contribution in [3.05, 3.63) is 46.8 Å². The second kappa shape index (κ2) is 6.52. The van der Waals surface area contributed by atoms with E-state index in [1.165, 1.54) is 18.2 Å². The van der Waals surface area contributed by atoms with Crippen molar-refractivity contribution in [2.45, 2.75) is 13.3 Å². The van der Waals surface area contributed by atoms with Crippen LogP contribution in [-0.2, 0) is 0 Å². The molecule has 1 aromatic carbocycles. The van der Waals surface area contributed by atoms with Crippen LogP contribution < -0.4 is 9.47 Å². The molecule has 0 saturated heterocycles. The second-order valence-electron chi connectivity index (χ2n) is 3.83. The Kier molecular flexibility index (Phi) is 4.74. The van der Waals surface area contributed by atoms with Crippen LogP contribution in [0.2, 0.25) is 0 Å². The molecular weight excluding hydrogens is 313 g/mol. The molecule has 0 N–H and O–H groups in total. The quantitative estimate of drug-likeness (QED) is 0.807. The van der Waals surface area contributed by atoms with Crippen molar-refractivity contribution >= 4 is 15.9 Å². The highest BCUT2D eigenvalue weighted by atomic mass is 79.9. The fourth-order valence-corrected chi connectivity index (χ4v) is 1.87. The minimum atomic E-state index is -0.331. The summed E-state index contributed by atoms with van der Waals surface area (Å²) >= 11 is 3.25. The number of hydrogen-bond donors (Lipinski definition) is 0. The van der Waals surface area contributed by atoms with Gasteiger partial charge >= 0.3 is 0 Å². The van der Waals surface area contributed by atoms with Gasteiger partial charge < -0.3 is 9.47 Å². The zero-order valence-electron chi connectivity index (χ0n) is 10.4. The highest BCUT2D eigenvalue weighted by molar-refractivity contribution is 9.10. The summed E-state index contributed by atoms with van der Waals surface area (Å²) in [5.41, 5.74) is 0. The number of rotatable bonds is 5. The molecule has 0 aliphatic heterocycles. The normalized spacial score (nSPS) is 10.3. The Labute approximate surface area is 119 Å². The lowest BCUT2D eigenvalue weighted by Gasteiger charge is -2.11. The van der Waals surface area contributed by atoms with Crippen molar-refractivity contribution in [2.24, 2.45) is 0 Å². The van der Waals surface area contributed by atoms with Crippen molar-refractivity contribution in [1.82, 2.24) is 4.98 Å². The maximum absolute atomic E-state index is 13.0. The number of benzene rings is 1. The van der Waals surface area contributed by atoms with Gasteiger partial charge in [0.1, 0.15) is 11.6 Å². The molecule has 0 radical (unpaired) electrons. The predicted octanol–water partition coefficient (Wildman–Crippen LogP) is 4.56. The van der Waals surface area contributed by atoms with E-state index >= 15 is 0 Å². The summed E-state index contributed by atoms with van der Waals surface area (Å²) in [6.45, 7) is 2.61. The molecule has 0 aliphatic carbocycles. The van der Waals surface area contributed by atoms with E-state index in [0.717, 1.165) is 6.42 Å². The van der Waals surface area contributed by atoms with Crippen molar-refractivity contribution in [3.8, 4) is 17.4 Å². The third-order valence-corrected chi connectivity index (χ3v) is 2.92. The first-order chi connectivity index (χ1) is 9.20. The zero-order chi connectivity index (χ0) is 13.7. The minimum Gasteiger partial charge on any atom is -0.488 e. The lowest BCUT2D eigenvalue weighted by Crippen LogP contribution is -1.99. The van der Waals surface area contributed by atoms with Crippen LogP contribution in [0.1, 0.15) is 13.3 Å². The molecule has 0 atom stereocenters. The molecule has 2 rings (SSSR count). The van der Waals surface area contributed by atoms with Gasteiger partial charge in [-0.05, 0) is 52.7 Å². The molecule has 0 unspecified atom stereocenters. The molecule has 0 amide bonds. The van der Waals surface area contributed by atoms with Crippen LogP contribution in [0.15, 0.2) is 41.0 Å². The molecule has 5 heteroatoms. The topological polar surface area (TPSA) is 31.4 Å². The van der Waals surface area contributed by atoms with Gasteiger partial charge in [0.2, 0.25) is 0 Å². The second-order valence-corrected chi connectivity index (χ2v) is 4.69. The largest absolute Gasteiger partial charge is 0.488 e. The number of halogens is 2. The molecule has 2 aromatic rings. The Hall–Kier alpha value is -1.62. The van der Waals surface area contributed by atoms with Crippen LogP contribution in [0.3, 0.4) is 0 Å². The van der Waals surface area contributed by atoms with Crippen molar-refractivity contribution in [1.29, 1.82) is 0 Å². The molecule has 0 bridgehead atoms. The van der Waals surface area contributed by atoms with Crippen molar-refractivity contribution < 1.29 is 13.9 Å². The standard InChI is InChI=1S/C14H13BrFNO2/c1-2-8-18-13-4-3-7-17-14(13)19-12-6-5-10(16)9-11(12)15/h3-7,9H,2,8H2,1H3. The molecule has 0 aliphatic rings. The summed E-state index contributed by atoms with van der Waals surface area (Å²) in [6, 6.07) is 7.77. The van der Waals surface area contributed by atoms with Crippen LogP contribution >= 0.6 is 15.9 Å². The number of hydrogen-bond acceptors (Lipinski definition) is 3. The van der Waals surface area contributed by atoms with Crippen LogP contribution in [0.5, 0.6) is 17.4 Å². The summed E-state index contributed by atoms with van der Waals surface area (Å²) < 4.78 is 24.7. The third-order valence-electron chi connectivity index (χ3n) is 2.30. The first-order valence-electron chi connectivity index (χ1n) is 5.91. The monoisotopic (exact) mass is 325 g/mol. The van der Waals surface area contributed by atoms with E-state index in [4.69, 9.17) is 9.47 Å². The van der Waals surface area contributed by atoms with Crippen molar-refractivity contribution in [2.75, 3.05) is 6.61 Å². The smallest absolute Gasteiger partial charge is 0.262 e. The van der Waals surface area contributed by atoms with E-state index in [-0.39, 0.29) is 5.82 Å². The SMILES string of the molecule is CCCOc1cccnc1Oc1ccc(F)cc1Br. The lowest BCUT2D eigenvalue weighted by atomic mass is 10.3. The molecule has 100 valence electrons. The van der Waals surface area contributed by atoms with E-state index < -0.39 is 0 Å². The number of nitrogens with zero attached hydrogens (tertiary/aromatic N) is 1. The number of ether oxygens (including phenoxy) is 2. The lowest BCUT2D eigenvalue weighted by molar-refractivity contribution is 0.297. The van der Waals surface area contributed by atoms with E-state index in [1.54, 1.807) is 18.3 Å². The number of aromatic nitrogens is 1. The average Bonchev–Trinajstić information content (AvgIpc) is 2.41. The molecule has 0 saturated carbocycles. The first-order valence-corrected chi connectivity index (χ1v) is 6.70. The molecule has 3 nitrogen and oxygen atoms in total. The summed E-state index contributed by atoms with van der Waals surface area (Å²) in [7, 11) is 0.